The van der Waals surface area contributed by atoms with Crippen molar-refractivity contribution in [3.8, 4) is 40.3 Å². The molecule has 4 amide bonds. The molecule has 0 bridgehead atoms. The van der Waals surface area contributed by atoms with Gasteiger partial charge in [-0.15, -0.1) is 0 Å². The van der Waals surface area contributed by atoms with Crippen molar-refractivity contribution in [3.63, 3.8) is 0 Å². The number of nitrogens with zero attached hydrogens (tertiary/aromatic N) is 4. The van der Waals surface area contributed by atoms with Crippen LogP contribution in [0, 0.1) is 11.8 Å². The Balaban J connectivity index is 0.713. The minimum atomic E-state index is -1.02. The van der Waals surface area contributed by atoms with Gasteiger partial charge in [0.1, 0.15) is 35.4 Å². The summed E-state index contributed by atoms with van der Waals surface area (Å²) in [4.78, 5) is 67.3. The Labute approximate surface area is 314 Å². The number of H-pyrrole nitrogens is 1. The molecule has 272 valence electrons. The van der Waals surface area contributed by atoms with Gasteiger partial charge in [0.05, 0.1) is 23.9 Å². The number of pyridine rings is 3. The van der Waals surface area contributed by atoms with E-state index >= 15 is 0 Å². The highest BCUT2D eigenvalue weighted by Crippen LogP contribution is 2.33. The molecule has 1 unspecified atom stereocenters. The van der Waals surface area contributed by atoms with E-state index in [4.69, 9.17) is 14.2 Å². The van der Waals surface area contributed by atoms with Gasteiger partial charge in [-0.25, -0.2) is 9.97 Å². The van der Waals surface area contributed by atoms with Crippen LogP contribution in [0.25, 0.3) is 32.9 Å². The molecule has 1 atom stereocenters. The lowest BCUT2D eigenvalue weighted by Crippen LogP contribution is -2.54. The molecule has 1 saturated carbocycles. The molecular weight excluding hydrogens is 700 g/mol. The number of aromatic amines is 1. The summed E-state index contributed by atoms with van der Waals surface area (Å²) >= 11 is 0. The number of rotatable bonds is 9. The summed E-state index contributed by atoms with van der Waals surface area (Å²) in [6.07, 6.45) is 9.22. The van der Waals surface area contributed by atoms with E-state index in [2.05, 4.69) is 55.3 Å². The number of hydrogen-bond donors (Lipinski definition) is 2. The zero-order chi connectivity index (χ0) is 37.5. The number of piperidine rings is 1. The van der Waals surface area contributed by atoms with Gasteiger partial charge in [-0.05, 0) is 66.4 Å². The summed E-state index contributed by atoms with van der Waals surface area (Å²) in [7, 11) is 0. The number of carbonyl (C=O) groups excluding carboxylic acids is 4. The molecule has 13 nitrogen and oxygen atoms in total. The largest absolute Gasteiger partial charge is 0.493 e. The van der Waals surface area contributed by atoms with Gasteiger partial charge in [-0.1, -0.05) is 18.1 Å². The van der Waals surface area contributed by atoms with Crippen molar-refractivity contribution in [3.05, 3.63) is 108 Å². The number of imide groups is 2. The number of amides is 4. The maximum Gasteiger partial charge on any atom is 0.262 e. The standard InChI is InChI=1S/C42H32N6O7/c49-38-12-11-37(40(50)47-38)48-41(51)32-10-8-27(20-33(32)42(48)52)53-16-2-1-3-26-6-7-28(22-44-26)54-29-18-30(19-29)55-39-13-5-25(21-45-39)24-4-9-31-34-23-43-15-14-35(34)46-36(31)17-24/h4-10,13-15,17,20-23,29-30,37,46H,2,11-12,16,18-19H2,(H,47,49,50). The summed E-state index contributed by atoms with van der Waals surface area (Å²) in [6, 6.07) is 19.4. The van der Waals surface area contributed by atoms with Gasteiger partial charge in [0, 0.05) is 77.7 Å². The van der Waals surface area contributed by atoms with Crippen LogP contribution in [0.15, 0.2) is 91.5 Å². The van der Waals surface area contributed by atoms with Crippen LogP contribution in [0.2, 0.25) is 0 Å². The molecule has 2 fully saturated rings. The van der Waals surface area contributed by atoms with Crippen LogP contribution in [0.4, 0.5) is 0 Å². The fourth-order valence-corrected chi connectivity index (χ4v) is 7.06. The van der Waals surface area contributed by atoms with Crippen molar-refractivity contribution in [1.82, 2.24) is 30.2 Å². The smallest absolute Gasteiger partial charge is 0.262 e. The van der Waals surface area contributed by atoms with Gasteiger partial charge in [-0.3, -0.25) is 34.4 Å². The van der Waals surface area contributed by atoms with Crippen molar-refractivity contribution in [1.29, 1.82) is 0 Å². The molecule has 55 heavy (non-hydrogen) atoms. The first-order valence-electron chi connectivity index (χ1n) is 17.9. The Kier molecular flexibility index (Phi) is 8.62. The molecular formula is C42H32N6O7. The molecule has 2 aromatic carbocycles. The van der Waals surface area contributed by atoms with Crippen LogP contribution < -0.4 is 19.5 Å². The molecule has 1 saturated heterocycles. The van der Waals surface area contributed by atoms with Crippen LogP contribution in [-0.4, -0.2) is 73.3 Å². The average Bonchev–Trinajstić information content (AvgIpc) is 3.67. The molecule has 2 aliphatic heterocycles. The topological polar surface area (TPSA) is 166 Å². The number of hydrogen-bond acceptors (Lipinski definition) is 10. The van der Waals surface area contributed by atoms with Gasteiger partial charge < -0.3 is 19.2 Å². The normalized spacial score (nSPS) is 19.1. The van der Waals surface area contributed by atoms with Gasteiger partial charge in [-0.2, -0.15) is 0 Å². The Morgan fingerprint density at radius 1 is 0.764 bits per heavy atom. The van der Waals surface area contributed by atoms with Gasteiger partial charge >= 0.3 is 0 Å². The average molecular weight is 733 g/mol. The minimum Gasteiger partial charge on any atom is -0.493 e. The monoisotopic (exact) mass is 732 g/mol. The lowest BCUT2D eigenvalue weighted by Gasteiger charge is -2.34. The molecule has 4 aromatic heterocycles. The predicted octanol–water partition coefficient (Wildman–Crippen LogP) is 5.38. The Hall–Kier alpha value is -7.07. The summed E-state index contributed by atoms with van der Waals surface area (Å²) in [5.41, 5.74) is 5.13. The molecule has 0 radical (unpaired) electrons. The summed E-state index contributed by atoms with van der Waals surface area (Å²) in [5, 5.41) is 4.43. The van der Waals surface area contributed by atoms with Crippen molar-refractivity contribution < 1.29 is 33.4 Å². The maximum absolute atomic E-state index is 13.0. The third-order valence-electron chi connectivity index (χ3n) is 9.97. The first-order chi connectivity index (χ1) is 26.9. The second-order valence-electron chi connectivity index (χ2n) is 13.6. The van der Waals surface area contributed by atoms with Crippen molar-refractivity contribution in [2.75, 3.05) is 6.61 Å². The zero-order valence-corrected chi connectivity index (χ0v) is 29.3. The lowest BCUT2D eigenvalue weighted by atomic mass is 9.92. The lowest BCUT2D eigenvalue weighted by molar-refractivity contribution is -0.136. The summed E-state index contributed by atoms with van der Waals surface area (Å²) < 4.78 is 17.9. The Morgan fingerprint density at radius 3 is 2.42 bits per heavy atom. The summed E-state index contributed by atoms with van der Waals surface area (Å²) in [5.74, 6) is 5.46. The van der Waals surface area contributed by atoms with Gasteiger partial charge in [0.2, 0.25) is 17.7 Å². The van der Waals surface area contributed by atoms with E-state index in [1.807, 2.05) is 36.7 Å². The van der Waals surface area contributed by atoms with E-state index in [1.54, 1.807) is 24.5 Å². The zero-order valence-electron chi connectivity index (χ0n) is 29.3. The molecule has 6 heterocycles. The second kappa shape index (κ2) is 14.1. The van der Waals surface area contributed by atoms with Gasteiger partial charge in [0.15, 0.2) is 0 Å². The molecule has 2 N–H and O–H groups in total. The number of fused-ring (bicyclic) bond motifs is 4. The highest BCUT2D eigenvalue weighted by atomic mass is 16.5. The van der Waals surface area contributed by atoms with E-state index in [0.717, 1.165) is 50.7 Å². The fourth-order valence-electron chi connectivity index (χ4n) is 7.06. The van der Waals surface area contributed by atoms with E-state index in [9.17, 15) is 19.2 Å². The number of nitrogens with one attached hydrogen (secondary N) is 2. The first kappa shape index (κ1) is 33.7. The van der Waals surface area contributed by atoms with Crippen LogP contribution >= 0.6 is 0 Å². The van der Waals surface area contributed by atoms with Crippen molar-refractivity contribution in [2.45, 2.75) is 50.4 Å². The number of carbonyl (C=O) groups is 4. The summed E-state index contributed by atoms with van der Waals surface area (Å²) in [6.45, 7) is 0.247. The maximum atomic E-state index is 13.0. The van der Waals surface area contributed by atoms with Crippen LogP contribution in [0.3, 0.4) is 0 Å². The highest BCUT2D eigenvalue weighted by molar-refractivity contribution is 6.23. The van der Waals surface area contributed by atoms with Crippen LogP contribution in [0.5, 0.6) is 17.4 Å². The third kappa shape index (κ3) is 6.70. The quantitative estimate of drug-likeness (QED) is 0.112. The molecule has 3 aliphatic rings. The SMILES string of the molecule is O=C1CCC(N2C(=O)c3ccc(OCCC#Cc4ccc(OC5CC(Oc6ccc(-c7ccc8c(c7)[nH]c7ccncc78)cn6)C5)cn4)cc3C2=O)C(=O)N1. The molecule has 13 heteroatoms. The van der Waals surface area contributed by atoms with E-state index < -0.39 is 29.7 Å². The van der Waals surface area contributed by atoms with Crippen molar-refractivity contribution >= 4 is 45.4 Å². The number of aromatic nitrogens is 4. The van der Waals surface area contributed by atoms with Crippen LogP contribution in [0.1, 0.15) is 58.5 Å². The van der Waals surface area contributed by atoms with Gasteiger partial charge in [0.25, 0.3) is 11.8 Å². The second-order valence-corrected chi connectivity index (χ2v) is 13.6. The number of ether oxygens (including phenoxy) is 3. The Morgan fingerprint density at radius 2 is 1.60 bits per heavy atom. The minimum absolute atomic E-state index is 0.0199. The van der Waals surface area contributed by atoms with Crippen molar-refractivity contribution in [2.24, 2.45) is 0 Å². The van der Waals surface area contributed by atoms with E-state index in [0.29, 0.717) is 29.5 Å². The number of benzene rings is 2. The Bertz CT molecular complexity index is 2570. The predicted molar refractivity (Wildman–Crippen MR) is 199 cm³/mol. The fraction of sp³-hybridized carbons (Fsp3) is 0.214. The highest BCUT2D eigenvalue weighted by Gasteiger charge is 2.44. The molecule has 6 aromatic rings. The molecule has 1 aliphatic carbocycles. The third-order valence-corrected chi connectivity index (χ3v) is 9.97. The van der Waals surface area contributed by atoms with E-state index in [1.165, 1.54) is 12.1 Å². The molecule has 9 rings (SSSR count). The van der Waals surface area contributed by atoms with Crippen LogP contribution in [-0.2, 0) is 9.59 Å². The first-order valence-corrected chi connectivity index (χ1v) is 17.9. The molecule has 0 spiro atoms. The van der Waals surface area contributed by atoms with E-state index in [-0.39, 0.29) is 42.8 Å².